The molecule has 1 aromatic carbocycles. The van der Waals surface area contributed by atoms with Crippen molar-refractivity contribution in [1.29, 1.82) is 5.26 Å². The molecular weight excluding hydrogens is 398 g/mol. The fourth-order valence-electron chi connectivity index (χ4n) is 3.75. The van der Waals surface area contributed by atoms with Crippen molar-refractivity contribution in [3.63, 3.8) is 0 Å². The average Bonchev–Trinajstić information content (AvgIpc) is 3.35. The van der Waals surface area contributed by atoms with Gasteiger partial charge in [-0.15, -0.1) is 0 Å². The van der Waals surface area contributed by atoms with Gasteiger partial charge in [-0.05, 0) is 38.3 Å². The summed E-state index contributed by atoms with van der Waals surface area (Å²) in [5, 5.41) is 14.3. The zero-order chi connectivity index (χ0) is 21.1. The Bertz CT molecular complexity index is 1120. The maximum Gasteiger partial charge on any atom is 0.235 e. The van der Waals surface area contributed by atoms with E-state index in [4.69, 9.17) is 4.74 Å². The van der Waals surface area contributed by atoms with Crippen molar-refractivity contribution in [3.05, 3.63) is 47.4 Å². The van der Waals surface area contributed by atoms with Gasteiger partial charge in [-0.2, -0.15) is 5.26 Å². The molecule has 0 bridgehead atoms. The Balaban J connectivity index is 1.52. The molecule has 1 aliphatic heterocycles. The SMILES string of the molecule is Cc1c(C#N)c(NC(=O)CSc2ncnc3ccccc23)n(C[C@H]2CCCO2)c1C. The quantitative estimate of drug-likeness (QED) is 0.480. The normalized spacial score (nSPS) is 16.0. The second-order valence-corrected chi connectivity index (χ2v) is 8.29. The molecule has 3 heterocycles. The van der Waals surface area contributed by atoms with Crippen molar-refractivity contribution in [1.82, 2.24) is 14.5 Å². The molecule has 1 atom stereocenters. The van der Waals surface area contributed by atoms with Crippen LogP contribution < -0.4 is 5.32 Å². The van der Waals surface area contributed by atoms with E-state index >= 15 is 0 Å². The molecular formula is C22H23N5O2S. The van der Waals surface area contributed by atoms with Gasteiger partial charge < -0.3 is 14.6 Å². The van der Waals surface area contributed by atoms with E-state index in [2.05, 4.69) is 21.4 Å². The van der Waals surface area contributed by atoms with Crippen LogP contribution in [0.15, 0.2) is 35.6 Å². The highest BCUT2D eigenvalue weighted by Crippen LogP contribution is 2.29. The predicted molar refractivity (Wildman–Crippen MR) is 116 cm³/mol. The molecule has 1 aliphatic rings. The van der Waals surface area contributed by atoms with Gasteiger partial charge in [0.05, 0.1) is 29.5 Å². The standard InChI is InChI=1S/C22H23N5O2S/c1-14-15(2)27(11-16-6-5-9-29-16)21(18(14)10-23)26-20(28)12-30-22-17-7-3-4-8-19(17)24-13-25-22/h3-4,7-8,13,16H,5-6,9,11-12H2,1-2H3,(H,26,28)/t16-/m1/s1. The van der Waals surface area contributed by atoms with Crippen LogP contribution in [0.5, 0.6) is 0 Å². The van der Waals surface area contributed by atoms with E-state index in [1.54, 1.807) is 0 Å². The largest absolute Gasteiger partial charge is 0.376 e. The second-order valence-electron chi connectivity index (χ2n) is 7.32. The lowest BCUT2D eigenvalue weighted by atomic mass is 10.2. The van der Waals surface area contributed by atoms with Crippen LogP contribution in [0.1, 0.15) is 29.7 Å². The Kier molecular flexibility index (Phi) is 6.02. The number of hydrogen-bond acceptors (Lipinski definition) is 6. The zero-order valence-corrected chi connectivity index (χ0v) is 17.8. The maximum absolute atomic E-state index is 12.8. The first-order valence-electron chi connectivity index (χ1n) is 9.92. The first-order valence-corrected chi connectivity index (χ1v) is 10.9. The Hall–Kier alpha value is -2.89. The fourth-order valence-corrected chi connectivity index (χ4v) is 4.54. The molecule has 1 N–H and O–H groups in total. The van der Waals surface area contributed by atoms with Crippen LogP contribution in [0, 0.1) is 25.2 Å². The highest BCUT2D eigenvalue weighted by atomic mass is 32.2. The van der Waals surface area contributed by atoms with Gasteiger partial charge in [0.25, 0.3) is 0 Å². The number of anilines is 1. The van der Waals surface area contributed by atoms with Gasteiger partial charge in [0.15, 0.2) is 0 Å². The first-order chi connectivity index (χ1) is 14.6. The zero-order valence-electron chi connectivity index (χ0n) is 17.0. The number of hydrogen-bond donors (Lipinski definition) is 1. The molecule has 0 spiro atoms. The lowest BCUT2D eigenvalue weighted by molar-refractivity contribution is -0.113. The Morgan fingerprint density at radius 2 is 2.20 bits per heavy atom. The molecule has 2 aromatic heterocycles. The number of nitriles is 1. The van der Waals surface area contributed by atoms with Crippen molar-refractivity contribution in [2.45, 2.75) is 44.4 Å². The molecule has 7 nitrogen and oxygen atoms in total. The van der Waals surface area contributed by atoms with Gasteiger partial charge in [0.2, 0.25) is 5.91 Å². The monoisotopic (exact) mass is 421 g/mol. The van der Waals surface area contributed by atoms with Crippen LogP contribution in [-0.2, 0) is 16.1 Å². The fraction of sp³-hybridized carbons (Fsp3) is 0.364. The number of fused-ring (bicyclic) bond motifs is 1. The van der Waals surface area contributed by atoms with E-state index < -0.39 is 0 Å². The summed E-state index contributed by atoms with van der Waals surface area (Å²) in [6, 6.07) is 9.97. The smallest absolute Gasteiger partial charge is 0.235 e. The molecule has 154 valence electrons. The van der Waals surface area contributed by atoms with Crippen LogP contribution in [0.2, 0.25) is 0 Å². The summed E-state index contributed by atoms with van der Waals surface area (Å²) < 4.78 is 7.77. The summed E-state index contributed by atoms with van der Waals surface area (Å²) in [7, 11) is 0. The van der Waals surface area contributed by atoms with Gasteiger partial charge >= 0.3 is 0 Å². The molecule has 3 aromatic rings. The van der Waals surface area contributed by atoms with Gasteiger partial charge in [-0.3, -0.25) is 4.79 Å². The molecule has 4 rings (SSSR count). The van der Waals surface area contributed by atoms with Crippen molar-refractivity contribution >= 4 is 34.4 Å². The minimum absolute atomic E-state index is 0.111. The molecule has 0 unspecified atom stereocenters. The number of para-hydroxylation sites is 1. The molecule has 30 heavy (non-hydrogen) atoms. The van der Waals surface area contributed by atoms with Crippen LogP contribution in [0.25, 0.3) is 10.9 Å². The molecule has 0 aliphatic carbocycles. The minimum Gasteiger partial charge on any atom is -0.376 e. The summed E-state index contributed by atoms with van der Waals surface area (Å²) in [6.45, 7) is 5.29. The highest BCUT2D eigenvalue weighted by molar-refractivity contribution is 8.00. The van der Waals surface area contributed by atoms with Gasteiger partial charge in [0, 0.05) is 17.7 Å². The third kappa shape index (κ3) is 4.04. The number of aromatic nitrogens is 3. The average molecular weight is 422 g/mol. The lowest BCUT2D eigenvalue weighted by Crippen LogP contribution is -2.22. The van der Waals surface area contributed by atoms with E-state index in [0.29, 0.717) is 17.9 Å². The summed E-state index contributed by atoms with van der Waals surface area (Å²) in [5.74, 6) is 0.571. The number of benzene rings is 1. The summed E-state index contributed by atoms with van der Waals surface area (Å²) in [6.07, 6.45) is 3.65. The summed E-state index contributed by atoms with van der Waals surface area (Å²) in [4.78, 5) is 21.3. The topological polar surface area (TPSA) is 92.8 Å². The molecule has 1 saturated heterocycles. The first kappa shape index (κ1) is 20.4. The van der Waals surface area contributed by atoms with E-state index in [0.717, 1.165) is 46.6 Å². The Morgan fingerprint density at radius 3 is 2.97 bits per heavy atom. The van der Waals surface area contributed by atoms with Crippen LogP contribution in [0.4, 0.5) is 5.82 Å². The predicted octanol–water partition coefficient (Wildman–Crippen LogP) is 3.83. The van der Waals surface area contributed by atoms with E-state index in [-0.39, 0.29) is 17.8 Å². The van der Waals surface area contributed by atoms with Gasteiger partial charge in [0.1, 0.15) is 23.2 Å². The molecule has 0 saturated carbocycles. The molecule has 1 fully saturated rings. The number of amides is 1. The number of thioether (sulfide) groups is 1. The number of carbonyl (C=O) groups excluding carboxylic acids is 1. The highest BCUT2D eigenvalue weighted by Gasteiger charge is 2.24. The van der Waals surface area contributed by atoms with E-state index in [1.807, 2.05) is 42.7 Å². The molecule has 1 amide bonds. The van der Waals surface area contributed by atoms with Crippen LogP contribution in [0.3, 0.4) is 0 Å². The summed E-state index contributed by atoms with van der Waals surface area (Å²) in [5.41, 5.74) is 3.22. The molecule has 8 heteroatoms. The third-order valence-electron chi connectivity index (χ3n) is 5.46. The number of carbonyl (C=O) groups is 1. The number of nitrogens with zero attached hydrogens (tertiary/aromatic N) is 4. The van der Waals surface area contributed by atoms with Crippen molar-refractivity contribution in [2.24, 2.45) is 0 Å². The van der Waals surface area contributed by atoms with Crippen LogP contribution >= 0.6 is 11.8 Å². The summed E-state index contributed by atoms with van der Waals surface area (Å²) >= 11 is 1.36. The third-order valence-corrected chi connectivity index (χ3v) is 6.46. The number of nitrogens with one attached hydrogen (secondary N) is 1. The number of ether oxygens (including phenoxy) is 1. The molecule has 0 radical (unpaired) electrons. The second kappa shape index (κ2) is 8.86. The van der Waals surface area contributed by atoms with E-state index in [9.17, 15) is 10.1 Å². The lowest BCUT2D eigenvalue weighted by Gasteiger charge is -2.16. The van der Waals surface area contributed by atoms with Gasteiger partial charge in [-0.1, -0.05) is 30.0 Å². The van der Waals surface area contributed by atoms with Crippen molar-refractivity contribution < 1.29 is 9.53 Å². The van der Waals surface area contributed by atoms with Crippen molar-refractivity contribution in [3.8, 4) is 6.07 Å². The Labute approximate surface area is 179 Å². The van der Waals surface area contributed by atoms with E-state index in [1.165, 1.54) is 18.1 Å². The van der Waals surface area contributed by atoms with Crippen molar-refractivity contribution in [2.75, 3.05) is 17.7 Å². The Morgan fingerprint density at radius 1 is 1.37 bits per heavy atom. The maximum atomic E-state index is 12.8. The minimum atomic E-state index is -0.176. The van der Waals surface area contributed by atoms with Crippen LogP contribution in [-0.4, -0.2) is 38.9 Å². The van der Waals surface area contributed by atoms with Gasteiger partial charge in [-0.25, -0.2) is 9.97 Å². The number of rotatable bonds is 6.